The van der Waals surface area contributed by atoms with Gasteiger partial charge in [-0.15, -0.1) is 0 Å². The normalized spacial score (nSPS) is 9.77. The van der Waals surface area contributed by atoms with E-state index in [1.54, 1.807) is 0 Å². The minimum atomic E-state index is -0.884. The number of halogens is 1. The lowest BCUT2D eigenvalue weighted by atomic mass is 10.2. The zero-order chi connectivity index (χ0) is 16.5. The fraction of sp³-hybridized carbons (Fsp3) is 0.357. The molecule has 0 aliphatic carbocycles. The second kappa shape index (κ2) is 8.60. The molecule has 2 N–H and O–H groups in total. The van der Waals surface area contributed by atoms with Crippen molar-refractivity contribution in [3.8, 4) is 5.75 Å². The SMILES string of the molecule is CCCNC(=O)NC(=O)COC(=O)c1ccc(OC)c(F)c1. The van der Waals surface area contributed by atoms with Gasteiger partial charge in [-0.2, -0.15) is 0 Å². The largest absolute Gasteiger partial charge is 0.494 e. The number of hydrogen-bond acceptors (Lipinski definition) is 5. The Kier molecular flexibility index (Phi) is 6.81. The molecule has 0 spiro atoms. The number of amides is 3. The van der Waals surface area contributed by atoms with E-state index in [0.29, 0.717) is 6.54 Å². The van der Waals surface area contributed by atoms with Crippen LogP contribution in [0.4, 0.5) is 9.18 Å². The molecule has 0 heterocycles. The van der Waals surface area contributed by atoms with Gasteiger partial charge >= 0.3 is 12.0 Å². The summed E-state index contributed by atoms with van der Waals surface area (Å²) in [6.45, 7) is 1.63. The van der Waals surface area contributed by atoms with Crippen LogP contribution >= 0.6 is 0 Å². The number of carbonyl (C=O) groups excluding carboxylic acids is 3. The zero-order valence-electron chi connectivity index (χ0n) is 12.3. The number of esters is 1. The van der Waals surface area contributed by atoms with Crippen molar-refractivity contribution in [2.24, 2.45) is 0 Å². The molecule has 0 radical (unpaired) electrons. The summed E-state index contributed by atoms with van der Waals surface area (Å²) in [4.78, 5) is 34.2. The number of carbonyl (C=O) groups is 3. The number of benzene rings is 1. The van der Waals surface area contributed by atoms with Crippen molar-refractivity contribution in [2.45, 2.75) is 13.3 Å². The lowest BCUT2D eigenvalue weighted by Crippen LogP contribution is -2.41. The van der Waals surface area contributed by atoms with Crippen LogP contribution in [0.2, 0.25) is 0 Å². The molecule has 120 valence electrons. The summed E-state index contributed by atoms with van der Waals surface area (Å²) in [6.07, 6.45) is 0.722. The Labute approximate surface area is 126 Å². The molecule has 0 saturated heterocycles. The van der Waals surface area contributed by atoms with Gasteiger partial charge in [-0.1, -0.05) is 6.92 Å². The van der Waals surface area contributed by atoms with E-state index >= 15 is 0 Å². The molecular formula is C14H17FN2O5. The van der Waals surface area contributed by atoms with Gasteiger partial charge in [0.2, 0.25) is 0 Å². The Morgan fingerprint density at radius 1 is 1.27 bits per heavy atom. The third-order valence-electron chi connectivity index (χ3n) is 2.51. The molecule has 0 aliphatic rings. The van der Waals surface area contributed by atoms with Crippen LogP contribution in [0.15, 0.2) is 18.2 Å². The first kappa shape index (κ1) is 17.4. The summed E-state index contributed by atoms with van der Waals surface area (Å²) in [5, 5.41) is 4.42. The molecule has 0 aliphatic heterocycles. The number of ether oxygens (including phenoxy) is 2. The van der Waals surface area contributed by atoms with E-state index in [2.05, 4.69) is 10.1 Å². The Bertz CT molecular complexity index is 562. The number of urea groups is 1. The Morgan fingerprint density at radius 2 is 2.00 bits per heavy atom. The van der Waals surface area contributed by atoms with Gasteiger partial charge in [-0.25, -0.2) is 14.0 Å². The molecule has 0 aromatic heterocycles. The van der Waals surface area contributed by atoms with E-state index in [-0.39, 0.29) is 11.3 Å². The first-order valence-corrected chi connectivity index (χ1v) is 6.56. The van der Waals surface area contributed by atoms with Crippen LogP contribution in [0.5, 0.6) is 5.75 Å². The molecule has 8 heteroatoms. The molecule has 22 heavy (non-hydrogen) atoms. The lowest BCUT2D eigenvalue weighted by Gasteiger charge is -2.07. The van der Waals surface area contributed by atoms with E-state index in [1.807, 2.05) is 12.2 Å². The first-order chi connectivity index (χ1) is 10.5. The highest BCUT2D eigenvalue weighted by Crippen LogP contribution is 2.18. The van der Waals surface area contributed by atoms with Gasteiger partial charge in [-0.3, -0.25) is 10.1 Å². The van der Waals surface area contributed by atoms with Crippen molar-refractivity contribution in [1.29, 1.82) is 0 Å². The maximum atomic E-state index is 13.4. The highest BCUT2D eigenvalue weighted by Gasteiger charge is 2.14. The Morgan fingerprint density at radius 3 is 2.59 bits per heavy atom. The van der Waals surface area contributed by atoms with Crippen molar-refractivity contribution < 1.29 is 28.2 Å². The van der Waals surface area contributed by atoms with Gasteiger partial charge < -0.3 is 14.8 Å². The van der Waals surface area contributed by atoms with Gasteiger partial charge in [0.25, 0.3) is 5.91 Å². The van der Waals surface area contributed by atoms with E-state index in [9.17, 15) is 18.8 Å². The minimum Gasteiger partial charge on any atom is -0.494 e. The van der Waals surface area contributed by atoms with Crippen LogP contribution in [0.3, 0.4) is 0 Å². The Balaban J connectivity index is 2.47. The summed E-state index contributed by atoms with van der Waals surface area (Å²) in [7, 11) is 1.30. The minimum absolute atomic E-state index is 0.0121. The van der Waals surface area contributed by atoms with Crippen LogP contribution in [0.25, 0.3) is 0 Å². The van der Waals surface area contributed by atoms with Crippen molar-refractivity contribution in [1.82, 2.24) is 10.6 Å². The summed E-state index contributed by atoms with van der Waals surface area (Å²) in [6, 6.07) is 2.84. The molecule has 0 fully saturated rings. The number of methoxy groups -OCH3 is 1. The fourth-order valence-corrected chi connectivity index (χ4v) is 1.45. The van der Waals surface area contributed by atoms with E-state index < -0.39 is 30.3 Å². The van der Waals surface area contributed by atoms with Crippen LogP contribution in [-0.4, -0.2) is 38.2 Å². The average Bonchev–Trinajstić information content (AvgIpc) is 2.50. The number of rotatable bonds is 6. The molecule has 1 aromatic carbocycles. The Hall–Kier alpha value is -2.64. The van der Waals surface area contributed by atoms with Gasteiger partial charge in [0, 0.05) is 6.54 Å². The summed E-state index contributed by atoms with van der Waals surface area (Å²) >= 11 is 0. The van der Waals surface area contributed by atoms with Crippen molar-refractivity contribution in [3.63, 3.8) is 0 Å². The van der Waals surface area contributed by atoms with Gasteiger partial charge in [-0.05, 0) is 24.6 Å². The molecule has 0 atom stereocenters. The maximum Gasteiger partial charge on any atom is 0.338 e. The average molecular weight is 312 g/mol. The van der Waals surface area contributed by atoms with Crippen molar-refractivity contribution >= 4 is 17.9 Å². The number of nitrogens with one attached hydrogen (secondary N) is 2. The highest BCUT2D eigenvalue weighted by atomic mass is 19.1. The molecule has 1 rings (SSSR count). The molecule has 0 bridgehead atoms. The maximum absolute atomic E-state index is 13.4. The summed E-state index contributed by atoms with van der Waals surface area (Å²) in [5.74, 6) is -2.40. The third kappa shape index (κ3) is 5.39. The highest BCUT2D eigenvalue weighted by molar-refractivity contribution is 5.97. The standard InChI is InChI=1S/C14H17FN2O5/c1-3-6-16-14(20)17-12(18)8-22-13(19)9-4-5-11(21-2)10(15)7-9/h4-5,7H,3,6,8H2,1-2H3,(H2,16,17,18,20). The van der Waals surface area contributed by atoms with Crippen LogP contribution in [0.1, 0.15) is 23.7 Å². The molecule has 7 nitrogen and oxygen atoms in total. The van der Waals surface area contributed by atoms with Crippen molar-refractivity contribution in [3.05, 3.63) is 29.6 Å². The second-order valence-corrected chi connectivity index (χ2v) is 4.23. The summed E-state index contributed by atoms with van der Waals surface area (Å²) < 4.78 is 22.8. The summed E-state index contributed by atoms with van der Waals surface area (Å²) in [5.41, 5.74) is -0.0680. The van der Waals surface area contributed by atoms with E-state index in [0.717, 1.165) is 12.5 Å². The molecule has 1 aromatic rings. The monoisotopic (exact) mass is 312 g/mol. The number of imide groups is 1. The van der Waals surface area contributed by atoms with Crippen molar-refractivity contribution in [2.75, 3.05) is 20.3 Å². The lowest BCUT2D eigenvalue weighted by molar-refractivity contribution is -0.123. The van der Waals surface area contributed by atoms with E-state index in [1.165, 1.54) is 19.2 Å². The predicted octanol–water partition coefficient (Wildman–Crippen LogP) is 1.23. The fourth-order valence-electron chi connectivity index (χ4n) is 1.45. The number of hydrogen-bond donors (Lipinski definition) is 2. The van der Waals surface area contributed by atoms with E-state index in [4.69, 9.17) is 4.74 Å². The third-order valence-corrected chi connectivity index (χ3v) is 2.51. The zero-order valence-corrected chi connectivity index (χ0v) is 12.3. The van der Waals surface area contributed by atoms with Gasteiger partial charge in [0.05, 0.1) is 12.7 Å². The molecule has 3 amide bonds. The van der Waals surface area contributed by atoms with Crippen LogP contribution in [0, 0.1) is 5.82 Å². The first-order valence-electron chi connectivity index (χ1n) is 6.56. The molecular weight excluding hydrogens is 295 g/mol. The van der Waals surface area contributed by atoms with Gasteiger partial charge in [0.15, 0.2) is 18.2 Å². The van der Waals surface area contributed by atoms with Crippen LogP contribution in [-0.2, 0) is 9.53 Å². The van der Waals surface area contributed by atoms with Gasteiger partial charge in [0.1, 0.15) is 0 Å². The smallest absolute Gasteiger partial charge is 0.338 e. The second-order valence-electron chi connectivity index (χ2n) is 4.23. The molecule has 0 saturated carbocycles. The van der Waals surface area contributed by atoms with Crippen LogP contribution < -0.4 is 15.4 Å². The quantitative estimate of drug-likeness (QED) is 0.771. The topological polar surface area (TPSA) is 93.7 Å². The molecule has 0 unspecified atom stereocenters. The predicted molar refractivity (Wildman–Crippen MR) is 75.1 cm³/mol.